The van der Waals surface area contributed by atoms with E-state index in [4.69, 9.17) is 5.73 Å². The van der Waals surface area contributed by atoms with Crippen molar-refractivity contribution in [2.75, 3.05) is 26.2 Å². The summed E-state index contributed by atoms with van der Waals surface area (Å²) in [6.45, 7) is 4.24. The third-order valence-corrected chi connectivity index (χ3v) is 5.24. The zero-order valence-electron chi connectivity index (χ0n) is 15.1. The van der Waals surface area contributed by atoms with Gasteiger partial charge in [0.25, 0.3) is 0 Å². The number of nitrogens with two attached hydrogens (primary N) is 1. The van der Waals surface area contributed by atoms with Gasteiger partial charge in [-0.25, -0.2) is 0 Å². The maximum Gasteiger partial charge on any atom is 0.222 e. The van der Waals surface area contributed by atoms with E-state index in [2.05, 4.69) is 28.1 Å². The molecule has 1 fully saturated rings. The standard InChI is InChI=1S/C20H30N4O/c21-20(23-13-5-1-2-6-14-23)22-12-7-10-19(25)24-15-11-17-8-3-4-9-18(17)16-24/h3-4,8-9H,1-2,5-7,10-16H2,(H2,21,22). The molecule has 1 aromatic rings. The number of benzene rings is 1. The lowest BCUT2D eigenvalue weighted by molar-refractivity contribution is -0.132. The van der Waals surface area contributed by atoms with Gasteiger partial charge in [0.05, 0.1) is 0 Å². The lowest BCUT2D eigenvalue weighted by Crippen LogP contribution is -2.38. The molecule has 0 saturated carbocycles. The number of nitrogens with zero attached hydrogens (tertiary/aromatic N) is 3. The minimum Gasteiger partial charge on any atom is -0.370 e. The van der Waals surface area contributed by atoms with Gasteiger partial charge in [0, 0.05) is 39.1 Å². The van der Waals surface area contributed by atoms with E-state index in [0.29, 0.717) is 18.9 Å². The minimum absolute atomic E-state index is 0.234. The lowest BCUT2D eigenvalue weighted by Gasteiger charge is -2.29. The molecule has 2 heterocycles. The third kappa shape index (κ3) is 4.97. The van der Waals surface area contributed by atoms with Crippen LogP contribution < -0.4 is 5.73 Å². The summed E-state index contributed by atoms with van der Waals surface area (Å²) in [6.07, 6.45) is 7.26. The van der Waals surface area contributed by atoms with Crippen LogP contribution in [0, 0.1) is 0 Å². The molecule has 25 heavy (non-hydrogen) atoms. The molecule has 0 spiro atoms. The van der Waals surface area contributed by atoms with Crippen LogP contribution in [0.15, 0.2) is 29.3 Å². The molecule has 0 aromatic heterocycles. The maximum absolute atomic E-state index is 12.4. The van der Waals surface area contributed by atoms with E-state index >= 15 is 0 Å². The van der Waals surface area contributed by atoms with Crippen molar-refractivity contribution in [3.8, 4) is 0 Å². The SMILES string of the molecule is NC(=NCCCC(=O)N1CCc2ccccc2C1)N1CCCCCC1. The van der Waals surface area contributed by atoms with Gasteiger partial charge in [0.1, 0.15) is 0 Å². The Hall–Kier alpha value is -2.04. The van der Waals surface area contributed by atoms with Gasteiger partial charge < -0.3 is 15.5 Å². The Kier molecular flexibility index (Phi) is 6.31. The molecule has 136 valence electrons. The summed E-state index contributed by atoms with van der Waals surface area (Å²) in [5.74, 6) is 0.888. The summed E-state index contributed by atoms with van der Waals surface area (Å²) < 4.78 is 0. The summed E-state index contributed by atoms with van der Waals surface area (Å²) in [6, 6.07) is 8.41. The fourth-order valence-corrected chi connectivity index (χ4v) is 3.69. The van der Waals surface area contributed by atoms with Crippen LogP contribution in [-0.4, -0.2) is 47.8 Å². The van der Waals surface area contributed by atoms with Gasteiger partial charge in [-0.15, -0.1) is 0 Å². The first-order chi connectivity index (χ1) is 12.2. The van der Waals surface area contributed by atoms with Crippen LogP contribution in [0.5, 0.6) is 0 Å². The van der Waals surface area contributed by atoms with Crippen LogP contribution >= 0.6 is 0 Å². The predicted octanol–water partition coefficient (Wildman–Crippen LogP) is 2.54. The highest BCUT2D eigenvalue weighted by atomic mass is 16.2. The van der Waals surface area contributed by atoms with Crippen molar-refractivity contribution < 1.29 is 4.79 Å². The summed E-state index contributed by atoms with van der Waals surface area (Å²) >= 11 is 0. The molecule has 1 saturated heterocycles. The molecule has 5 heteroatoms. The third-order valence-electron chi connectivity index (χ3n) is 5.24. The molecular formula is C20H30N4O. The summed E-state index contributed by atoms with van der Waals surface area (Å²) in [5, 5.41) is 0. The number of hydrogen-bond acceptors (Lipinski definition) is 2. The van der Waals surface area contributed by atoms with Crippen LogP contribution in [0.2, 0.25) is 0 Å². The van der Waals surface area contributed by atoms with Crippen molar-refractivity contribution in [2.24, 2.45) is 10.7 Å². The molecule has 2 N–H and O–H groups in total. The quantitative estimate of drug-likeness (QED) is 0.520. The second-order valence-electron chi connectivity index (χ2n) is 7.08. The number of carbonyl (C=O) groups excluding carboxylic acids is 1. The number of rotatable bonds is 4. The first kappa shape index (κ1) is 17.8. The lowest BCUT2D eigenvalue weighted by atomic mass is 9.99. The van der Waals surface area contributed by atoms with Gasteiger partial charge in [0.2, 0.25) is 5.91 Å². The average Bonchev–Trinajstić information content (AvgIpc) is 2.94. The molecule has 0 aliphatic carbocycles. The van der Waals surface area contributed by atoms with Gasteiger partial charge in [-0.1, -0.05) is 37.1 Å². The summed E-state index contributed by atoms with van der Waals surface area (Å²) in [5.41, 5.74) is 8.77. The maximum atomic E-state index is 12.4. The molecule has 0 atom stereocenters. The molecular weight excluding hydrogens is 312 g/mol. The molecule has 2 aliphatic rings. The first-order valence-corrected chi connectivity index (χ1v) is 9.63. The molecule has 0 radical (unpaired) electrons. The Morgan fingerprint density at radius 3 is 2.48 bits per heavy atom. The number of hydrogen-bond donors (Lipinski definition) is 1. The van der Waals surface area contributed by atoms with E-state index in [1.807, 2.05) is 11.0 Å². The van der Waals surface area contributed by atoms with E-state index < -0.39 is 0 Å². The fraction of sp³-hybridized carbons (Fsp3) is 0.600. The highest BCUT2D eigenvalue weighted by Gasteiger charge is 2.19. The predicted molar refractivity (Wildman–Crippen MR) is 101 cm³/mol. The zero-order valence-corrected chi connectivity index (χ0v) is 15.1. The smallest absolute Gasteiger partial charge is 0.222 e. The van der Waals surface area contributed by atoms with Crippen molar-refractivity contribution in [1.29, 1.82) is 0 Å². The summed E-state index contributed by atoms with van der Waals surface area (Å²) in [4.78, 5) is 21.1. The molecule has 1 amide bonds. The fourth-order valence-electron chi connectivity index (χ4n) is 3.69. The average molecular weight is 342 g/mol. The van der Waals surface area contributed by atoms with Gasteiger partial charge in [-0.05, 0) is 36.8 Å². The van der Waals surface area contributed by atoms with Crippen LogP contribution in [-0.2, 0) is 17.8 Å². The Morgan fingerprint density at radius 2 is 1.72 bits per heavy atom. The van der Waals surface area contributed by atoms with Crippen molar-refractivity contribution in [2.45, 2.75) is 51.5 Å². The van der Waals surface area contributed by atoms with E-state index in [1.54, 1.807) is 0 Å². The highest BCUT2D eigenvalue weighted by Crippen LogP contribution is 2.19. The van der Waals surface area contributed by atoms with Crippen molar-refractivity contribution in [3.05, 3.63) is 35.4 Å². The largest absolute Gasteiger partial charge is 0.370 e. The van der Waals surface area contributed by atoms with E-state index in [0.717, 1.165) is 39.0 Å². The van der Waals surface area contributed by atoms with Crippen LogP contribution in [0.4, 0.5) is 0 Å². The van der Waals surface area contributed by atoms with Gasteiger partial charge in [-0.3, -0.25) is 9.79 Å². The Bertz CT molecular complexity index is 605. The molecule has 0 unspecified atom stereocenters. The Balaban J connectivity index is 1.41. The number of aliphatic imine (C=N–C) groups is 1. The summed E-state index contributed by atoms with van der Waals surface area (Å²) in [7, 11) is 0. The number of guanidine groups is 1. The minimum atomic E-state index is 0.234. The number of amides is 1. The monoisotopic (exact) mass is 342 g/mol. The van der Waals surface area contributed by atoms with E-state index in [9.17, 15) is 4.79 Å². The van der Waals surface area contributed by atoms with Crippen molar-refractivity contribution in [1.82, 2.24) is 9.80 Å². The molecule has 3 rings (SSSR count). The first-order valence-electron chi connectivity index (χ1n) is 9.63. The van der Waals surface area contributed by atoms with Crippen LogP contribution in [0.25, 0.3) is 0 Å². The topological polar surface area (TPSA) is 61.9 Å². The van der Waals surface area contributed by atoms with E-state index in [1.165, 1.54) is 36.8 Å². The van der Waals surface area contributed by atoms with Crippen molar-refractivity contribution >= 4 is 11.9 Å². The number of carbonyl (C=O) groups is 1. The molecule has 2 aliphatic heterocycles. The number of likely N-dealkylation sites (tertiary alicyclic amines) is 1. The highest BCUT2D eigenvalue weighted by molar-refractivity contribution is 5.78. The van der Waals surface area contributed by atoms with Gasteiger partial charge in [-0.2, -0.15) is 0 Å². The molecule has 0 bridgehead atoms. The second-order valence-corrected chi connectivity index (χ2v) is 7.08. The number of fused-ring (bicyclic) bond motifs is 1. The van der Waals surface area contributed by atoms with Crippen molar-refractivity contribution in [3.63, 3.8) is 0 Å². The zero-order chi connectivity index (χ0) is 17.5. The van der Waals surface area contributed by atoms with E-state index in [-0.39, 0.29) is 5.91 Å². The molecule has 5 nitrogen and oxygen atoms in total. The Labute approximate surface area is 150 Å². The van der Waals surface area contributed by atoms with Crippen LogP contribution in [0.3, 0.4) is 0 Å². The second kappa shape index (κ2) is 8.88. The normalized spacial score (nSPS) is 18.6. The molecule has 1 aromatic carbocycles. The van der Waals surface area contributed by atoms with Crippen LogP contribution in [0.1, 0.15) is 49.7 Å². The Morgan fingerprint density at radius 1 is 1.00 bits per heavy atom. The van der Waals surface area contributed by atoms with Gasteiger partial charge in [0.15, 0.2) is 5.96 Å². The van der Waals surface area contributed by atoms with Gasteiger partial charge >= 0.3 is 0 Å².